The van der Waals surface area contributed by atoms with Crippen LogP contribution in [0, 0.1) is 0 Å². The summed E-state index contributed by atoms with van der Waals surface area (Å²) in [6.45, 7) is -0.101. The van der Waals surface area contributed by atoms with Crippen LogP contribution < -0.4 is 16.4 Å². The van der Waals surface area contributed by atoms with Gasteiger partial charge in [0.1, 0.15) is 0 Å². The number of thiophene rings is 2. The molecule has 0 aromatic carbocycles. The van der Waals surface area contributed by atoms with E-state index in [1.165, 1.54) is 22.7 Å². The monoisotopic (exact) mass is 641 g/mol. The van der Waals surface area contributed by atoms with Gasteiger partial charge in [-0.2, -0.15) is 0 Å². The molecule has 214 valence electrons. The number of carbonyl (C=O) groups is 5. The molecule has 4 N–H and O–H groups in total. The van der Waals surface area contributed by atoms with E-state index in [4.69, 9.17) is 5.73 Å². The number of imide groups is 2. The number of amides is 6. The zero-order chi connectivity index (χ0) is 27.8. The van der Waals surface area contributed by atoms with Gasteiger partial charge in [0.15, 0.2) is 0 Å². The maximum Gasteiger partial charge on any atom is 0.324 e. The highest BCUT2D eigenvalue weighted by atomic mass is 35.5. The molecule has 1 aliphatic carbocycles. The van der Waals surface area contributed by atoms with Crippen LogP contribution in [0.2, 0.25) is 0 Å². The molecule has 2 aromatic heterocycles. The Labute approximate surface area is 254 Å². The molecule has 3 heterocycles. The average Bonchev–Trinajstić information content (AvgIpc) is 3.26. The molecule has 0 radical (unpaired) electrons. The van der Waals surface area contributed by atoms with Crippen molar-refractivity contribution in [3.05, 3.63) is 54.6 Å². The molecular formula is C25H28ClN5O5S4. The normalized spacial score (nSPS) is 16.2. The van der Waals surface area contributed by atoms with Crippen LogP contribution >= 0.6 is 58.6 Å². The molecule has 6 amide bonds. The second kappa shape index (κ2) is 15.4. The number of thioether (sulfide) groups is 2. The van der Waals surface area contributed by atoms with Crippen molar-refractivity contribution in [1.29, 1.82) is 0 Å². The summed E-state index contributed by atoms with van der Waals surface area (Å²) in [5.74, 6) is -1.15. The lowest BCUT2D eigenvalue weighted by atomic mass is 10.3. The van der Waals surface area contributed by atoms with Gasteiger partial charge in [0.25, 0.3) is 17.1 Å². The lowest BCUT2D eigenvalue weighted by Gasteiger charge is -2.22. The van der Waals surface area contributed by atoms with Gasteiger partial charge in [-0.05, 0) is 59.6 Å². The molecule has 15 heteroatoms. The first-order valence-electron chi connectivity index (χ1n) is 12.1. The van der Waals surface area contributed by atoms with Crippen molar-refractivity contribution in [2.75, 3.05) is 31.9 Å². The van der Waals surface area contributed by atoms with Crippen molar-refractivity contribution in [3.63, 3.8) is 0 Å². The van der Waals surface area contributed by atoms with Gasteiger partial charge in [-0.25, -0.2) is 4.79 Å². The molecule has 2 fully saturated rings. The van der Waals surface area contributed by atoms with Gasteiger partial charge in [0.05, 0.1) is 15.6 Å². The molecular weight excluding hydrogens is 614 g/mol. The van der Waals surface area contributed by atoms with Crippen molar-refractivity contribution < 1.29 is 24.0 Å². The zero-order valence-electron chi connectivity index (χ0n) is 21.2. The third kappa shape index (κ3) is 8.94. The Hall–Kier alpha value is -2.62. The number of hydrogen-bond acceptors (Lipinski definition) is 10. The highest BCUT2D eigenvalue weighted by molar-refractivity contribution is 8.18. The van der Waals surface area contributed by atoms with Crippen LogP contribution in [0.4, 0.5) is 9.59 Å². The number of nitrogens with two attached hydrogens (primary N) is 1. The number of nitrogens with one attached hydrogen (secondary N) is 2. The van der Waals surface area contributed by atoms with E-state index in [1.54, 1.807) is 12.2 Å². The van der Waals surface area contributed by atoms with Crippen LogP contribution in [0.15, 0.2) is 44.8 Å². The van der Waals surface area contributed by atoms with E-state index in [1.807, 2.05) is 35.0 Å². The summed E-state index contributed by atoms with van der Waals surface area (Å²) in [6.07, 6.45) is 5.23. The van der Waals surface area contributed by atoms with Gasteiger partial charge in [-0.15, -0.1) is 46.8 Å². The molecule has 10 nitrogen and oxygen atoms in total. The van der Waals surface area contributed by atoms with Gasteiger partial charge in [0, 0.05) is 42.0 Å². The average molecular weight is 642 g/mol. The molecule has 2 aliphatic rings. The summed E-state index contributed by atoms with van der Waals surface area (Å²) in [5, 5.41) is 8.82. The van der Waals surface area contributed by atoms with E-state index >= 15 is 0 Å². The summed E-state index contributed by atoms with van der Waals surface area (Å²) in [7, 11) is 0. The van der Waals surface area contributed by atoms with E-state index in [9.17, 15) is 24.0 Å². The number of carbonyl (C=O) groups excluding carboxylic acids is 5. The Bertz CT molecular complexity index is 1280. The van der Waals surface area contributed by atoms with E-state index in [-0.39, 0.29) is 61.2 Å². The fraction of sp³-hybridized carbons (Fsp3) is 0.320. The highest BCUT2D eigenvalue weighted by Gasteiger charge is 2.35. The summed E-state index contributed by atoms with van der Waals surface area (Å²) >= 11 is 4.79. The van der Waals surface area contributed by atoms with Gasteiger partial charge < -0.3 is 16.4 Å². The summed E-state index contributed by atoms with van der Waals surface area (Å²) in [4.78, 5) is 68.0. The summed E-state index contributed by atoms with van der Waals surface area (Å²) in [5.41, 5.74) is 5.69. The molecule has 4 rings (SSSR count). The molecule has 1 saturated heterocycles. The van der Waals surface area contributed by atoms with E-state index < -0.39 is 23.1 Å². The number of hydrogen-bond donors (Lipinski definition) is 3. The SMILES string of the molecule is Cl.NCCN(C(=O)NCCN1C(=O)S/C(=C/c2cccs2)C1=O)C(=O)/C(=C/c1cccs1)SCC(=O)NC1CC1. The molecule has 0 unspecified atom stereocenters. The number of urea groups is 1. The first-order chi connectivity index (χ1) is 18.9. The Morgan fingerprint density at radius 3 is 2.45 bits per heavy atom. The predicted octanol–water partition coefficient (Wildman–Crippen LogP) is 3.82. The van der Waals surface area contributed by atoms with Crippen LogP contribution in [0.1, 0.15) is 22.6 Å². The Kier molecular flexibility index (Phi) is 12.3. The van der Waals surface area contributed by atoms with Crippen LogP contribution in [0.25, 0.3) is 12.2 Å². The number of nitrogens with zero attached hydrogens (tertiary/aromatic N) is 2. The first-order valence-corrected chi connectivity index (χ1v) is 15.7. The topological polar surface area (TPSA) is 142 Å². The van der Waals surface area contributed by atoms with Crippen LogP contribution in [0.3, 0.4) is 0 Å². The fourth-order valence-electron chi connectivity index (χ4n) is 3.43. The van der Waals surface area contributed by atoms with Gasteiger partial charge in [0.2, 0.25) is 5.91 Å². The Morgan fingerprint density at radius 2 is 1.82 bits per heavy atom. The first kappa shape index (κ1) is 31.9. The second-order valence-corrected chi connectivity index (χ2v) is 12.4. The molecule has 0 bridgehead atoms. The Balaban J connectivity index is 0.00000441. The third-order valence-electron chi connectivity index (χ3n) is 5.47. The molecule has 2 aromatic rings. The maximum absolute atomic E-state index is 13.4. The maximum atomic E-state index is 13.4. The largest absolute Gasteiger partial charge is 0.353 e. The highest BCUT2D eigenvalue weighted by Crippen LogP contribution is 2.32. The van der Waals surface area contributed by atoms with Crippen molar-refractivity contribution in [1.82, 2.24) is 20.4 Å². The summed E-state index contributed by atoms with van der Waals surface area (Å²) < 4.78 is 0. The van der Waals surface area contributed by atoms with Crippen molar-refractivity contribution in [2.45, 2.75) is 18.9 Å². The minimum absolute atomic E-state index is 0. The second-order valence-electron chi connectivity index (χ2n) is 8.48. The van der Waals surface area contributed by atoms with Crippen molar-refractivity contribution in [2.24, 2.45) is 5.73 Å². The van der Waals surface area contributed by atoms with Crippen LogP contribution in [0.5, 0.6) is 0 Å². The van der Waals surface area contributed by atoms with Gasteiger partial charge >= 0.3 is 6.03 Å². The van der Waals surface area contributed by atoms with Gasteiger partial charge in [-0.1, -0.05) is 12.1 Å². The quantitative estimate of drug-likeness (QED) is 0.297. The van der Waals surface area contributed by atoms with Crippen molar-refractivity contribution in [3.8, 4) is 0 Å². The number of halogens is 1. The molecule has 0 spiro atoms. The zero-order valence-corrected chi connectivity index (χ0v) is 25.3. The van der Waals surface area contributed by atoms with E-state index in [0.717, 1.165) is 55.9 Å². The minimum Gasteiger partial charge on any atom is -0.353 e. The molecule has 1 saturated carbocycles. The van der Waals surface area contributed by atoms with Crippen molar-refractivity contribution >= 4 is 99.7 Å². The lowest BCUT2D eigenvalue weighted by molar-refractivity contribution is -0.124. The minimum atomic E-state index is -0.702. The summed E-state index contributed by atoms with van der Waals surface area (Å²) in [6, 6.07) is 6.88. The standard InChI is InChI=1S/C25H27N5O5S4.ClH/c26-7-9-29(22(32)19(13-17-3-1-11-36-17)38-15-21(31)28-16-5-6-16)24(34)27-8-10-30-23(33)20(39-25(30)35)14-18-4-2-12-37-18;/h1-4,11-14,16H,5-10,15,26H2,(H,27,34)(H,28,31);1H/b19-13-,20-14+;. The Morgan fingerprint density at radius 1 is 1.12 bits per heavy atom. The number of rotatable bonds is 12. The van der Waals surface area contributed by atoms with Crippen LogP contribution in [-0.4, -0.2) is 76.8 Å². The van der Waals surface area contributed by atoms with E-state index in [0.29, 0.717) is 4.91 Å². The smallest absolute Gasteiger partial charge is 0.324 e. The van der Waals surface area contributed by atoms with Crippen LogP contribution in [-0.2, 0) is 14.4 Å². The lowest BCUT2D eigenvalue weighted by Crippen LogP contribution is -2.48. The van der Waals surface area contributed by atoms with E-state index in [2.05, 4.69) is 10.6 Å². The molecule has 1 aliphatic heterocycles. The predicted molar refractivity (Wildman–Crippen MR) is 164 cm³/mol. The van der Waals surface area contributed by atoms with Gasteiger partial charge in [-0.3, -0.25) is 29.0 Å². The fourth-order valence-corrected chi connectivity index (χ4v) is 6.56. The molecule has 40 heavy (non-hydrogen) atoms. The molecule has 0 atom stereocenters. The third-order valence-corrected chi connectivity index (χ3v) is 9.03.